The van der Waals surface area contributed by atoms with Gasteiger partial charge in [-0.1, -0.05) is 93.6 Å². The summed E-state index contributed by atoms with van der Waals surface area (Å²) in [5, 5.41) is 5.00. The van der Waals surface area contributed by atoms with E-state index in [0.717, 1.165) is 39.3 Å². The smallest absolute Gasteiger partial charge is 0.129 e. The molecule has 3 aromatic carbocycles. The maximum atomic E-state index is 5.00. The molecule has 0 aliphatic heterocycles. The largest absolute Gasteiger partial charge is 0.232 e. The second-order valence-electron chi connectivity index (χ2n) is 10.8. The van der Waals surface area contributed by atoms with Gasteiger partial charge in [-0.05, 0) is 42.5 Å². The molecule has 0 unspecified atom stereocenters. The molecule has 0 amide bonds. The van der Waals surface area contributed by atoms with Crippen molar-refractivity contribution in [3.05, 3.63) is 96.1 Å². The van der Waals surface area contributed by atoms with Crippen molar-refractivity contribution < 1.29 is 0 Å². The van der Waals surface area contributed by atoms with Crippen LogP contribution in [0.3, 0.4) is 0 Å². The zero-order chi connectivity index (χ0) is 25.1. The molecule has 0 spiro atoms. The number of nitrogens with zero attached hydrogens (tertiary/aromatic N) is 2. The van der Waals surface area contributed by atoms with E-state index in [9.17, 15) is 0 Å². The molecule has 0 atom stereocenters. The van der Waals surface area contributed by atoms with Gasteiger partial charge in [0.2, 0.25) is 0 Å². The van der Waals surface area contributed by atoms with E-state index in [4.69, 9.17) is 5.10 Å². The fourth-order valence-electron chi connectivity index (χ4n) is 3.46. The van der Waals surface area contributed by atoms with Gasteiger partial charge in [-0.25, -0.2) is 4.68 Å². The Balaban J connectivity index is 1.72. The Bertz CT molecular complexity index is 1430. The SMILES string of the molecule is C[Si](C)(C)C#Cc1ccc(-c2cc(-c3ccc(C#C[Si](C)(C)C)cc3)n(-c3ccccc3)n2)cc1. The first-order chi connectivity index (χ1) is 16.6. The minimum absolute atomic E-state index is 0.941. The normalized spacial score (nSPS) is 11.3. The molecule has 0 N–H and O–H groups in total. The molecule has 35 heavy (non-hydrogen) atoms. The Kier molecular flexibility index (Phi) is 6.99. The average Bonchev–Trinajstić information content (AvgIpc) is 3.27. The maximum absolute atomic E-state index is 5.00. The lowest BCUT2D eigenvalue weighted by Crippen LogP contribution is -2.16. The van der Waals surface area contributed by atoms with Crippen LogP contribution in [-0.2, 0) is 0 Å². The number of para-hydroxylation sites is 1. The molecule has 0 bridgehead atoms. The lowest BCUT2D eigenvalue weighted by Gasteiger charge is -2.08. The van der Waals surface area contributed by atoms with Gasteiger partial charge >= 0.3 is 0 Å². The molecule has 0 saturated carbocycles. The summed E-state index contributed by atoms with van der Waals surface area (Å²) in [4.78, 5) is 0. The number of aromatic nitrogens is 2. The Morgan fingerprint density at radius 2 is 1.09 bits per heavy atom. The van der Waals surface area contributed by atoms with Crippen molar-refractivity contribution in [3.8, 4) is 51.1 Å². The summed E-state index contributed by atoms with van der Waals surface area (Å²) >= 11 is 0. The van der Waals surface area contributed by atoms with Crippen molar-refractivity contribution in [2.45, 2.75) is 39.3 Å². The van der Waals surface area contributed by atoms with Gasteiger partial charge in [0.1, 0.15) is 16.1 Å². The van der Waals surface area contributed by atoms with E-state index in [-0.39, 0.29) is 0 Å². The topological polar surface area (TPSA) is 17.8 Å². The molecule has 1 heterocycles. The van der Waals surface area contributed by atoms with Crippen molar-refractivity contribution in [1.29, 1.82) is 0 Å². The number of hydrogen-bond acceptors (Lipinski definition) is 1. The van der Waals surface area contributed by atoms with E-state index in [1.54, 1.807) is 0 Å². The number of rotatable bonds is 3. The molecule has 0 aliphatic carbocycles. The molecular formula is C31H32N2Si2. The van der Waals surface area contributed by atoms with Crippen LogP contribution in [0.4, 0.5) is 0 Å². The van der Waals surface area contributed by atoms with Gasteiger partial charge in [0.25, 0.3) is 0 Å². The van der Waals surface area contributed by atoms with Crippen LogP contribution in [-0.4, -0.2) is 25.9 Å². The third kappa shape index (κ3) is 6.73. The fraction of sp³-hybridized carbons (Fsp3) is 0.194. The molecular weight excluding hydrogens is 457 g/mol. The van der Waals surface area contributed by atoms with E-state index < -0.39 is 16.1 Å². The highest BCUT2D eigenvalue weighted by Gasteiger charge is 2.14. The average molecular weight is 489 g/mol. The maximum Gasteiger partial charge on any atom is 0.129 e. The molecule has 4 heteroatoms. The molecule has 0 saturated heterocycles. The zero-order valence-corrected chi connectivity index (χ0v) is 23.5. The van der Waals surface area contributed by atoms with Crippen LogP contribution in [0.15, 0.2) is 84.9 Å². The highest BCUT2D eigenvalue weighted by molar-refractivity contribution is 6.84. The van der Waals surface area contributed by atoms with Crippen LogP contribution in [0.25, 0.3) is 28.2 Å². The van der Waals surface area contributed by atoms with Gasteiger partial charge in [0.15, 0.2) is 0 Å². The first-order valence-corrected chi connectivity index (χ1v) is 19.0. The third-order valence-electron chi connectivity index (χ3n) is 5.24. The summed E-state index contributed by atoms with van der Waals surface area (Å²) in [6, 6.07) is 29.4. The molecule has 4 aromatic rings. The molecule has 1 aromatic heterocycles. The van der Waals surface area contributed by atoms with Crippen LogP contribution < -0.4 is 0 Å². The molecule has 4 rings (SSSR count). The van der Waals surface area contributed by atoms with E-state index in [0.29, 0.717) is 0 Å². The number of hydrogen-bond donors (Lipinski definition) is 0. The quantitative estimate of drug-likeness (QED) is 0.214. The standard InChI is InChI=1S/C31H32N2Si2/c1-34(2,3)22-20-25-12-16-27(17-13-25)30-24-31(33(32-30)29-10-8-7-9-11-29)28-18-14-26(15-19-28)21-23-35(4,5)6/h7-19,24H,1-6H3. The summed E-state index contributed by atoms with van der Waals surface area (Å²) in [6.45, 7) is 13.6. The van der Waals surface area contributed by atoms with Gasteiger partial charge in [0.05, 0.1) is 17.1 Å². The third-order valence-corrected chi connectivity index (χ3v) is 6.99. The monoisotopic (exact) mass is 488 g/mol. The lowest BCUT2D eigenvalue weighted by atomic mass is 10.1. The Hall–Kier alpha value is -3.58. The molecule has 174 valence electrons. The van der Waals surface area contributed by atoms with Gasteiger partial charge in [-0.3, -0.25) is 0 Å². The number of benzene rings is 3. The van der Waals surface area contributed by atoms with Crippen LogP contribution in [0.2, 0.25) is 39.3 Å². The van der Waals surface area contributed by atoms with Crippen LogP contribution in [0, 0.1) is 22.9 Å². The van der Waals surface area contributed by atoms with Gasteiger partial charge < -0.3 is 0 Å². The Morgan fingerprint density at radius 1 is 0.600 bits per heavy atom. The van der Waals surface area contributed by atoms with Crippen molar-refractivity contribution >= 4 is 16.1 Å². The predicted molar refractivity (Wildman–Crippen MR) is 155 cm³/mol. The van der Waals surface area contributed by atoms with Crippen molar-refractivity contribution in [3.63, 3.8) is 0 Å². The van der Waals surface area contributed by atoms with E-state index in [1.165, 1.54) is 0 Å². The fourth-order valence-corrected chi connectivity index (χ4v) is 4.50. The van der Waals surface area contributed by atoms with Crippen molar-refractivity contribution in [2.24, 2.45) is 0 Å². The van der Waals surface area contributed by atoms with E-state index >= 15 is 0 Å². The van der Waals surface area contributed by atoms with E-state index in [2.05, 4.69) is 129 Å². The minimum atomic E-state index is -1.41. The van der Waals surface area contributed by atoms with Crippen molar-refractivity contribution in [1.82, 2.24) is 9.78 Å². The van der Waals surface area contributed by atoms with Crippen molar-refractivity contribution in [2.75, 3.05) is 0 Å². The predicted octanol–water partition coefficient (Wildman–Crippen LogP) is 7.66. The first kappa shape index (κ1) is 24.5. The van der Waals surface area contributed by atoms with Crippen LogP contribution in [0.1, 0.15) is 11.1 Å². The minimum Gasteiger partial charge on any atom is -0.232 e. The Morgan fingerprint density at radius 3 is 1.57 bits per heavy atom. The van der Waals surface area contributed by atoms with Gasteiger partial charge in [0, 0.05) is 22.3 Å². The van der Waals surface area contributed by atoms with Crippen LogP contribution >= 0.6 is 0 Å². The zero-order valence-electron chi connectivity index (χ0n) is 21.5. The summed E-state index contributed by atoms with van der Waals surface area (Å²) in [5.74, 6) is 6.68. The first-order valence-electron chi connectivity index (χ1n) is 12.0. The molecule has 2 nitrogen and oxygen atoms in total. The second-order valence-corrected chi connectivity index (χ2v) is 20.3. The molecule has 0 aliphatic rings. The van der Waals surface area contributed by atoms with Gasteiger partial charge in [-0.2, -0.15) is 5.10 Å². The highest BCUT2D eigenvalue weighted by atomic mass is 28.3. The second kappa shape index (κ2) is 9.96. The summed E-state index contributed by atoms with van der Waals surface area (Å²) < 4.78 is 2.02. The summed E-state index contributed by atoms with van der Waals surface area (Å²) in [5.41, 5.74) is 14.2. The summed E-state index contributed by atoms with van der Waals surface area (Å²) in [6.07, 6.45) is 0. The molecule has 0 fully saturated rings. The van der Waals surface area contributed by atoms with Crippen LogP contribution in [0.5, 0.6) is 0 Å². The highest BCUT2D eigenvalue weighted by Crippen LogP contribution is 2.29. The summed E-state index contributed by atoms with van der Waals surface area (Å²) in [7, 11) is -2.80. The molecule has 0 radical (unpaired) electrons. The van der Waals surface area contributed by atoms with Gasteiger partial charge in [-0.15, -0.1) is 11.1 Å². The Labute approximate surface area is 212 Å². The van der Waals surface area contributed by atoms with E-state index in [1.807, 2.05) is 22.9 Å². The lowest BCUT2D eigenvalue weighted by molar-refractivity contribution is 0.892.